The smallest absolute Gasteiger partial charge is 0.0947 e. The van der Waals surface area contributed by atoms with Gasteiger partial charge in [0.05, 0.1) is 6.10 Å². The number of aliphatic hydroxyl groups excluding tert-OH is 1. The van der Waals surface area contributed by atoms with E-state index in [1.807, 2.05) is 0 Å². The Morgan fingerprint density at radius 1 is 1.11 bits per heavy atom. The Bertz CT molecular complexity index is 427. The van der Waals surface area contributed by atoms with E-state index in [4.69, 9.17) is 0 Å². The molecule has 0 spiro atoms. The van der Waals surface area contributed by atoms with Gasteiger partial charge in [-0.15, -0.1) is 0 Å². The van der Waals surface area contributed by atoms with E-state index in [9.17, 15) is 5.11 Å². The Morgan fingerprint density at radius 3 is 2.63 bits per heavy atom. The second-order valence-corrected chi connectivity index (χ2v) is 5.94. The summed E-state index contributed by atoms with van der Waals surface area (Å²) in [5, 5.41) is 10.8. The van der Waals surface area contributed by atoms with Crippen LogP contribution >= 0.6 is 0 Å². The molecular weight excluding hydrogens is 236 g/mol. The second kappa shape index (κ2) is 5.61. The summed E-state index contributed by atoms with van der Waals surface area (Å²) in [6, 6.07) is 8.72. The Kier molecular flexibility index (Phi) is 3.87. The first-order chi connectivity index (χ1) is 9.25. The second-order valence-electron chi connectivity index (χ2n) is 5.94. The van der Waals surface area contributed by atoms with Gasteiger partial charge in [0.2, 0.25) is 0 Å². The van der Waals surface area contributed by atoms with Gasteiger partial charge in [-0.1, -0.05) is 24.3 Å². The molecule has 0 amide bonds. The number of aryl methyl sites for hydroxylation is 1. The van der Waals surface area contributed by atoms with Crippen molar-refractivity contribution in [2.45, 2.75) is 31.4 Å². The third-order valence-corrected chi connectivity index (χ3v) is 4.69. The van der Waals surface area contributed by atoms with Crippen LogP contribution in [0.3, 0.4) is 0 Å². The molecule has 0 radical (unpaired) electrons. The van der Waals surface area contributed by atoms with Crippen molar-refractivity contribution in [3.63, 3.8) is 0 Å². The van der Waals surface area contributed by atoms with Crippen LogP contribution in [0, 0.1) is 0 Å². The molecule has 104 valence electrons. The van der Waals surface area contributed by atoms with Crippen LogP contribution in [0.1, 0.15) is 30.1 Å². The zero-order chi connectivity index (χ0) is 13.2. The number of rotatable bonds is 1. The van der Waals surface area contributed by atoms with Gasteiger partial charge in [-0.25, -0.2) is 0 Å². The lowest BCUT2D eigenvalue weighted by Crippen LogP contribution is -2.50. The summed E-state index contributed by atoms with van der Waals surface area (Å²) in [5.41, 5.74) is 2.50. The molecule has 0 bridgehead atoms. The van der Waals surface area contributed by atoms with Gasteiger partial charge in [-0.2, -0.15) is 0 Å². The van der Waals surface area contributed by atoms with E-state index >= 15 is 0 Å². The van der Waals surface area contributed by atoms with E-state index in [1.165, 1.54) is 12.0 Å². The number of hydrogen-bond acceptors (Lipinski definition) is 3. The van der Waals surface area contributed by atoms with Crippen LogP contribution in [0.2, 0.25) is 0 Å². The van der Waals surface area contributed by atoms with Crippen LogP contribution in [0.25, 0.3) is 0 Å². The molecule has 1 aliphatic heterocycles. The van der Waals surface area contributed by atoms with Gasteiger partial charge in [0, 0.05) is 32.2 Å². The quantitative estimate of drug-likeness (QED) is 0.778. The fourth-order valence-electron chi connectivity index (χ4n) is 3.45. The van der Waals surface area contributed by atoms with Crippen LogP contribution in [-0.2, 0) is 6.42 Å². The van der Waals surface area contributed by atoms with Crippen LogP contribution in [-0.4, -0.2) is 54.2 Å². The summed E-state index contributed by atoms with van der Waals surface area (Å²) in [6.45, 7) is 4.40. The largest absolute Gasteiger partial charge is 0.387 e. The molecule has 1 aliphatic carbocycles. The number of likely N-dealkylation sites (N-methyl/N-ethyl adjacent to an activating group) is 1. The zero-order valence-corrected chi connectivity index (χ0v) is 11.8. The highest BCUT2D eigenvalue weighted by atomic mass is 16.3. The highest BCUT2D eigenvalue weighted by molar-refractivity contribution is 5.31. The Hall–Kier alpha value is -0.900. The highest BCUT2D eigenvalue weighted by Crippen LogP contribution is 2.32. The molecule has 2 atom stereocenters. The molecule has 0 unspecified atom stereocenters. The molecule has 1 saturated heterocycles. The summed E-state index contributed by atoms with van der Waals surface area (Å²) in [4.78, 5) is 4.86. The monoisotopic (exact) mass is 260 g/mol. The summed E-state index contributed by atoms with van der Waals surface area (Å²) in [7, 11) is 2.18. The number of aliphatic hydroxyl groups is 1. The minimum Gasteiger partial charge on any atom is -0.387 e. The number of hydrogen-bond donors (Lipinski definition) is 1. The molecule has 0 saturated carbocycles. The number of benzene rings is 1. The first-order valence-corrected chi connectivity index (χ1v) is 7.44. The third-order valence-electron chi connectivity index (χ3n) is 4.69. The highest BCUT2D eigenvalue weighted by Gasteiger charge is 2.31. The molecular formula is C16H24N2O. The van der Waals surface area contributed by atoms with Gasteiger partial charge in [-0.05, 0) is 37.4 Å². The van der Waals surface area contributed by atoms with Crippen LogP contribution < -0.4 is 0 Å². The summed E-state index contributed by atoms with van der Waals surface area (Å²) >= 11 is 0. The minimum atomic E-state index is -0.317. The normalized spacial score (nSPS) is 29.8. The number of nitrogens with zero attached hydrogens (tertiary/aromatic N) is 2. The van der Waals surface area contributed by atoms with E-state index < -0.39 is 0 Å². The SMILES string of the molecule is CN1CCN([C@@H]2CCCc3ccccc3[C@H]2O)CC1. The molecule has 1 aromatic carbocycles. The third kappa shape index (κ3) is 2.69. The Morgan fingerprint density at radius 2 is 1.84 bits per heavy atom. The summed E-state index contributed by atoms with van der Waals surface area (Å²) < 4.78 is 0. The Labute approximate surface area is 115 Å². The van der Waals surface area contributed by atoms with Crippen molar-refractivity contribution in [3.05, 3.63) is 35.4 Å². The molecule has 19 heavy (non-hydrogen) atoms. The molecule has 3 heteroatoms. The van der Waals surface area contributed by atoms with Crippen molar-refractivity contribution in [2.24, 2.45) is 0 Å². The van der Waals surface area contributed by atoms with Gasteiger partial charge >= 0.3 is 0 Å². The van der Waals surface area contributed by atoms with Crippen LogP contribution in [0.15, 0.2) is 24.3 Å². The fraction of sp³-hybridized carbons (Fsp3) is 0.625. The van der Waals surface area contributed by atoms with E-state index in [0.29, 0.717) is 6.04 Å². The topological polar surface area (TPSA) is 26.7 Å². The van der Waals surface area contributed by atoms with Crippen molar-refractivity contribution in [1.82, 2.24) is 9.80 Å². The maximum atomic E-state index is 10.8. The van der Waals surface area contributed by atoms with Crippen LogP contribution in [0.4, 0.5) is 0 Å². The number of piperazine rings is 1. The molecule has 1 fully saturated rings. The average molecular weight is 260 g/mol. The molecule has 3 rings (SSSR count). The van der Waals surface area contributed by atoms with Crippen molar-refractivity contribution < 1.29 is 5.11 Å². The summed E-state index contributed by atoms with van der Waals surface area (Å²) in [5.74, 6) is 0. The van der Waals surface area contributed by atoms with E-state index in [1.54, 1.807) is 0 Å². The zero-order valence-electron chi connectivity index (χ0n) is 11.8. The van der Waals surface area contributed by atoms with E-state index in [0.717, 1.165) is 44.6 Å². The molecule has 0 aromatic heterocycles. The van der Waals surface area contributed by atoms with Gasteiger partial charge < -0.3 is 10.0 Å². The van der Waals surface area contributed by atoms with Crippen molar-refractivity contribution >= 4 is 0 Å². The molecule has 2 aliphatic rings. The first-order valence-electron chi connectivity index (χ1n) is 7.44. The molecule has 3 nitrogen and oxygen atoms in total. The fourth-order valence-corrected chi connectivity index (χ4v) is 3.45. The van der Waals surface area contributed by atoms with Crippen molar-refractivity contribution in [1.29, 1.82) is 0 Å². The maximum Gasteiger partial charge on any atom is 0.0947 e. The van der Waals surface area contributed by atoms with E-state index in [-0.39, 0.29) is 6.10 Å². The molecule has 1 heterocycles. The maximum absolute atomic E-state index is 10.8. The lowest BCUT2D eigenvalue weighted by atomic mass is 9.97. The van der Waals surface area contributed by atoms with Crippen LogP contribution in [0.5, 0.6) is 0 Å². The molecule has 1 aromatic rings. The Balaban J connectivity index is 1.79. The standard InChI is InChI=1S/C16H24N2O/c1-17-9-11-18(12-10-17)15-8-4-6-13-5-2-3-7-14(13)16(15)19/h2-3,5,7,15-16,19H,4,6,8-12H2,1H3/t15-,16-/m1/s1. The van der Waals surface area contributed by atoms with E-state index in [2.05, 4.69) is 41.1 Å². The molecule has 1 N–H and O–H groups in total. The first kappa shape index (κ1) is 13.1. The predicted molar refractivity (Wildman–Crippen MR) is 77.2 cm³/mol. The van der Waals surface area contributed by atoms with Crippen molar-refractivity contribution in [2.75, 3.05) is 33.2 Å². The van der Waals surface area contributed by atoms with Gasteiger partial charge in [0.15, 0.2) is 0 Å². The lowest BCUT2D eigenvalue weighted by Gasteiger charge is -2.39. The predicted octanol–water partition coefficient (Wildman–Crippen LogP) is 1.67. The van der Waals surface area contributed by atoms with Gasteiger partial charge in [-0.3, -0.25) is 4.90 Å². The lowest BCUT2D eigenvalue weighted by molar-refractivity contribution is 0.0198. The van der Waals surface area contributed by atoms with Gasteiger partial charge in [0.1, 0.15) is 0 Å². The van der Waals surface area contributed by atoms with Gasteiger partial charge in [0.25, 0.3) is 0 Å². The summed E-state index contributed by atoms with van der Waals surface area (Å²) in [6.07, 6.45) is 3.09. The average Bonchev–Trinajstić information content (AvgIpc) is 2.60. The minimum absolute atomic E-state index is 0.303. The number of fused-ring (bicyclic) bond motifs is 1. The van der Waals surface area contributed by atoms with Crippen molar-refractivity contribution in [3.8, 4) is 0 Å².